The summed E-state index contributed by atoms with van der Waals surface area (Å²) in [7, 11) is 0. The molecule has 0 spiro atoms. The molecule has 0 aliphatic carbocycles. The Morgan fingerprint density at radius 3 is 1.59 bits per heavy atom. The third-order valence-corrected chi connectivity index (χ3v) is 3.27. The molecule has 0 aromatic heterocycles. The predicted molar refractivity (Wildman–Crippen MR) is 79.1 cm³/mol. The summed E-state index contributed by atoms with van der Waals surface area (Å²) in [5.41, 5.74) is 0. The van der Waals surface area contributed by atoms with Gasteiger partial charge in [-0.3, -0.25) is 4.90 Å². The van der Waals surface area contributed by atoms with Gasteiger partial charge in [-0.05, 0) is 32.4 Å². The van der Waals surface area contributed by atoms with Crippen molar-refractivity contribution < 1.29 is 0 Å². The van der Waals surface area contributed by atoms with Gasteiger partial charge in [-0.1, -0.05) is 65.7 Å². The van der Waals surface area contributed by atoms with Crippen LogP contribution in [0.5, 0.6) is 0 Å². The second kappa shape index (κ2) is 14.0. The van der Waals surface area contributed by atoms with Crippen LogP contribution in [0.15, 0.2) is 0 Å². The average Bonchev–Trinajstić information content (AvgIpc) is 2.35. The van der Waals surface area contributed by atoms with Gasteiger partial charge in [0.05, 0.1) is 0 Å². The van der Waals surface area contributed by atoms with E-state index >= 15 is 0 Å². The third-order valence-electron chi connectivity index (χ3n) is 3.27. The fourth-order valence-corrected chi connectivity index (χ4v) is 2.09. The average molecular weight is 240 g/mol. The molecule has 0 heterocycles. The molecule has 0 atom stereocenters. The molecule has 17 heavy (non-hydrogen) atoms. The summed E-state index contributed by atoms with van der Waals surface area (Å²) in [6.45, 7) is 11.8. The number of rotatable bonds is 13. The Morgan fingerprint density at radius 1 is 0.647 bits per heavy atom. The first-order chi connectivity index (χ1) is 8.35. The third kappa shape index (κ3) is 12.2. The van der Waals surface area contributed by atoms with Gasteiger partial charge in [-0.2, -0.15) is 0 Å². The molecule has 0 saturated carbocycles. The molecule has 1 heteroatoms. The summed E-state index contributed by atoms with van der Waals surface area (Å²) in [5, 5.41) is 0. The first-order valence-corrected chi connectivity index (χ1v) is 7.92. The van der Waals surface area contributed by atoms with Crippen LogP contribution in [-0.4, -0.2) is 18.0 Å². The van der Waals surface area contributed by atoms with E-state index in [9.17, 15) is 0 Å². The molecule has 0 amide bonds. The molecule has 0 aliphatic rings. The molecular formula is C16H34N. The summed E-state index contributed by atoms with van der Waals surface area (Å²) in [5.74, 6) is 0. The Kier molecular flexibility index (Phi) is 14.0. The molecule has 0 saturated heterocycles. The van der Waals surface area contributed by atoms with Crippen LogP contribution in [0.2, 0.25) is 0 Å². The van der Waals surface area contributed by atoms with E-state index in [1.54, 1.807) is 0 Å². The highest BCUT2D eigenvalue weighted by molar-refractivity contribution is 4.68. The van der Waals surface area contributed by atoms with E-state index in [2.05, 4.69) is 32.2 Å². The SMILES string of the molecule is CCC[CH]N(CCCCCC)CCCCCC. The molecule has 0 unspecified atom stereocenters. The lowest BCUT2D eigenvalue weighted by Crippen LogP contribution is -2.23. The Labute approximate surface area is 110 Å². The van der Waals surface area contributed by atoms with Gasteiger partial charge in [0.25, 0.3) is 0 Å². The van der Waals surface area contributed by atoms with Crippen molar-refractivity contribution >= 4 is 0 Å². The molecular weight excluding hydrogens is 206 g/mol. The van der Waals surface area contributed by atoms with Crippen molar-refractivity contribution in [2.24, 2.45) is 0 Å². The number of hydrogen-bond acceptors (Lipinski definition) is 1. The van der Waals surface area contributed by atoms with Crippen LogP contribution in [0.1, 0.15) is 85.0 Å². The lowest BCUT2D eigenvalue weighted by molar-refractivity contribution is 0.305. The maximum absolute atomic E-state index is 2.58. The zero-order valence-corrected chi connectivity index (χ0v) is 12.5. The molecule has 0 N–H and O–H groups in total. The van der Waals surface area contributed by atoms with Crippen molar-refractivity contribution in [3.8, 4) is 0 Å². The van der Waals surface area contributed by atoms with Crippen LogP contribution in [0.25, 0.3) is 0 Å². The smallest absolute Gasteiger partial charge is 0.0251 e. The molecule has 0 rings (SSSR count). The second-order valence-corrected chi connectivity index (χ2v) is 5.13. The minimum Gasteiger partial charge on any atom is -0.299 e. The summed E-state index contributed by atoms with van der Waals surface area (Å²) < 4.78 is 0. The molecule has 0 fully saturated rings. The van der Waals surface area contributed by atoms with E-state index in [0.717, 1.165) is 0 Å². The molecule has 1 nitrogen and oxygen atoms in total. The summed E-state index contributed by atoms with van der Waals surface area (Å²) in [6.07, 6.45) is 13.6. The van der Waals surface area contributed by atoms with Gasteiger partial charge in [-0.15, -0.1) is 0 Å². The second-order valence-electron chi connectivity index (χ2n) is 5.13. The minimum atomic E-state index is 1.25. The van der Waals surface area contributed by atoms with Crippen molar-refractivity contribution in [2.45, 2.75) is 85.0 Å². The largest absolute Gasteiger partial charge is 0.299 e. The van der Waals surface area contributed by atoms with Crippen molar-refractivity contribution in [1.82, 2.24) is 4.90 Å². The summed E-state index contributed by atoms with van der Waals surface area (Å²) >= 11 is 0. The highest BCUT2D eigenvalue weighted by Gasteiger charge is 2.03. The molecule has 1 radical (unpaired) electrons. The standard InChI is InChI=1S/C16H34N/c1-4-7-10-12-15-17(14-9-6-3)16-13-11-8-5-2/h14H,4-13,15-16H2,1-3H3. The van der Waals surface area contributed by atoms with Crippen LogP contribution in [-0.2, 0) is 0 Å². The van der Waals surface area contributed by atoms with E-state index in [1.807, 2.05) is 0 Å². The number of hydrogen-bond donors (Lipinski definition) is 0. The minimum absolute atomic E-state index is 1.25. The molecule has 0 aliphatic heterocycles. The van der Waals surface area contributed by atoms with E-state index in [0.29, 0.717) is 0 Å². The normalized spacial score (nSPS) is 11.3. The highest BCUT2D eigenvalue weighted by atomic mass is 15.1. The zero-order chi connectivity index (χ0) is 12.8. The van der Waals surface area contributed by atoms with Crippen LogP contribution in [0.4, 0.5) is 0 Å². The van der Waals surface area contributed by atoms with Gasteiger partial charge in [0.2, 0.25) is 0 Å². The van der Waals surface area contributed by atoms with E-state index < -0.39 is 0 Å². The first kappa shape index (κ1) is 17.0. The van der Waals surface area contributed by atoms with Crippen molar-refractivity contribution in [2.75, 3.05) is 13.1 Å². The Hall–Kier alpha value is -0.0400. The van der Waals surface area contributed by atoms with Gasteiger partial charge in [-0.25, -0.2) is 0 Å². The fourth-order valence-electron chi connectivity index (χ4n) is 2.09. The van der Waals surface area contributed by atoms with E-state index in [-0.39, 0.29) is 0 Å². The zero-order valence-electron chi connectivity index (χ0n) is 12.5. The number of unbranched alkanes of at least 4 members (excludes halogenated alkanes) is 7. The van der Waals surface area contributed by atoms with Crippen molar-refractivity contribution in [3.63, 3.8) is 0 Å². The van der Waals surface area contributed by atoms with Gasteiger partial charge < -0.3 is 0 Å². The maximum Gasteiger partial charge on any atom is 0.0251 e. The molecule has 0 aromatic rings. The monoisotopic (exact) mass is 240 g/mol. The number of nitrogens with zero attached hydrogens (tertiary/aromatic N) is 1. The Morgan fingerprint density at radius 2 is 1.18 bits per heavy atom. The van der Waals surface area contributed by atoms with Gasteiger partial charge >= 0.3 is 0 Å². The van der Waals surface area contributed by atoms with E-state index in [4.69, 9.17) is 0 Å². The predicted octanol–water partition coefficient (Wildman–Crippen LogP) is 5.41. The quantitative estimate of drug-likeness (QED) is 0.389. The molecule has 0 bridgehead atoms. The van der Waals surface area contributed by atoms with Gasteiger partial charge in [0.1, 0.15) is 0 Å². The summed E-state index contributed by atoms with van der Waals surface area (Å²) in [6, 6.07) is 0. The Bertz CT molecular complexity index is 121. The lowest BCUT2D eigenvalue weighted by Gasteiger charge is -2.21. The highest BCUT2D eigenvalue weighted by Crippen LogP contribution is 2.08. The summed E-state index contributed by atoms with van der Waals surface area (Å²) in [4.78, 5) is 2.58. The van der Waals surface area contributed by atoms with Crippen molar-refractivity contribution in [3.05, 3.63) is 6.54 Å². The van der Waals surface area contributed by atoms with E-state index in [1.165, 1.54) is 77.3 Å². The van der Waals surface area contributed by atoms with Crippen molar-refractivity contribution in [1.29, 1.82) is 0 Å². The fraction of sp³-hybridized carbons (Fsp3) is 0.938. The molecule has 0 aromatic carbocycles. The maximum atomic E-state index is 2.58. The Balaban J connectivity index is 3.56. The van der Waals surface area contributed by atoms with Crippen LogP contribution < -0.4 is 0 Å². The topological polar surface area (TPSA) is 3.24 Å². The molecule has 103 valence electrons. The van der Waals surface area contributed by atoms with Gasteiger partial charge in [0, 0.05) is 6.54 Å². The first-order valence-electron chi connectivity index (χ1n) is 7.92. The van der Waals surface area contributed by atoms with Crippen LogP contribution in [0, 0.1) is 6.54 Å². The lowest BCUT2D eigenvalue weighted by atomic mass is 10.1. The van der Waals surface area contributed by atoms with Gasteiger partial charge in [0.15, 0.2) is 0 Å². The van der Waals surface area contributed by atoms with Crippen LogP contribution in [0.3, 0.4) is 0 Å². The van der Waals surface area contributed by atoms with Crippen LogP contribution >= 0.6 is 0 Å².